The fourth-order valence-corrected chi connectivity index (χ4v) is 17.7. The summed E-state index contributed by atoms with van der Waals surface area (Å²) in [5.74, 6) is 7.29. The minimum atomic E-state index is 0.886. The monoisotopic (exact) mass is 1940 g/mol. The molecule has 4 aliphatic heterocycles. The van der Waals surface area contributed by atoms with Gasteiger partial charge in [-0.3, -0.25) is 0 Å². The minimum absolute atomic E-state index is 0.886. The second-order valence-corrected chi connectivity index (χ2v) is 37.8. The van der Waals surface area contributed by atoms with Gasteiger partial charge in [0.15, 0.2) is 46.0 Å². The summed E-state index contributed by atoms with van der Waals surface area (Å²) in [7, 11) is 8.30. The Hall–Kier alpha value is -18.0. The van der Waals surface area contributed by atoms with Crippen LogP contribution in [0.1, 0.15) is 66.8 Å². The molecule has 4 aliphatic rings. The van der Waals surface area contributed by atoms with Crippen molar-refractivity contribution in [3.63, 3.8) is 0 Å². The van der Waals surface area contributed by atoms with E-state index in [1.54, 1.807) is 0 Å². The van der Waals surface area contributed by atoms with E-state index in [0.717, 1.165) is 103 Å². The highest BCUT2D eigenvalue weighted by molar-refractivity contribution is 5.89. The van der Waals surface area contributed by atoms with Gasteiger partial charge in [-0.2, -0.15) is 0 Å². The Bertz CT molecular complexity index is 7330. The molecule has 0 spiro atoms. The van der Waals surface area contributed by atoms with Crippen molar-refractivity contribution in [1.82, 2.24) is 0 Å². The summed E-state index contributed by atoms with van der Waals surface area (Å²) in [6.45, 7) is 25.2. The van der Waals surface area contributed by atoms with Crippen LogP contribution in [-0.2, 0) is 0 Å². The highest BCUT2D eigenvalue weighted by Gasteiger charge is 2.29. The van der Waals surface area contributed by atoms with Crippen LogP contribution in [0.5, 0.6) is 46.0 Å². The number of ether oxygens (including phenoxy) is 4. The van der Waals surface area contributed by atoms with Crippen LogP contribution in [0, 0.1) is 83.1 Å². The van der Waals surface area contributed by atoms with Gasteiger partial charge in [0.1, 0.15) is 0 Å². The van der Waals surface area contributed by atoms with Crippen molar-refractivity contribution in [2.45, 2.75) is 83.1 Å². The highest BCUT2D eigenvalue weighted by atomic mass is 16.5. The van der Waals surface area contributed by atoms with E-state index >= 15 is 0 Å². The molecule has 24 rings (SSSR count). The van der Waals surface area contributed by atoms with Crippen molar-refractivity contribution in [3.05, 3.63) is 552 Å². The predicted molar refractivity (Wildman–Crippen MR) is 625 cm³/mol. The largest absolute Gasteiger partial charge is 0.453 e. The Balaban J connectivity index is 0.000000116. The van der Waals surface area contributed by atoms with Crippen LogP contribution in [0.3, 0.4) is 0 Å². The van der Waals surface area contributed by atoms with E-state index in [4.69, 9.17) is 18.9 Å². The van der Waals surface area contributed by atoms with Crippen LogP contribution < -0.4 is 58.1 Å². The number of hydrogen-bond donors (Lipinski definition) is 0. The first-order valence-electron chi connectivity index (χ1n) is 50.4. The molecule has 0 aromatic heterocycles. The van der Waals surface area contributed by atoms with Gasteiger partial charge in [-0.15, -0.1) is 0 Å². The lowest BCUT2D eigenvalue weighted by atomic mass is 10.1. The number of fused-ring (bicyclic) bond motifs is 8. The predicted octanol–water partition coefficient (Wildman–Crippen LogP) is 38.6. The number of nitrogens with zero attached hydrogens (tertiary/aromatic N) is 8. The van der Waals surface area contributed by atoms with Gasteiger partial charge in [-0.1, -0.05) is 287 Å². The molecule has 0 fully saturated rings. The number of hydrogen-bond acceptors (Lipinski definition) is 12. The summed E-state index contributed by atoms with van der Waals surface area (Å²) in [5.41, 5.74) is 38.0. The first-order chi connectivity index (χ1) is 72.0. The van der Waals surface area contributed by atoms with Gasteiger partial charge in [0.2, 0.25) is 0 Å². The lowest BCUT2D eigenvalue weighted by Crippen LogP contribution is -2.16. The summed E-state index contributed by atoms with van der Waals surface area (Å²) in [4.78, 5) is 17.7. The smallest absolute Gasteiger partial charge is 0.151 e. The van der Waals surface area contributed by atoms with E-state index in [2.05, 4.69) is 539 Å². The molecule has 4 heterocycles. The Morgan fingerprint density at radius 2 is 0.311 bits per heavy atom. The molecule has 0 bridgehead atoms. The second-order valence-electron chi connectivity index (χ2n) is 37.8. The third-order valence-electron chi connectivity index (χ3n) is 26.1. The van der Waals surface area contributed by atoms with Crippen molar-refractivity contribution in [2.24, 2.45) is 0 Å². The number of rotatable bonds is 12. The lowest BCUT2D eigenvalue weighted by molar-refractivity contribution is 0.474. The summed E-state index contributed by atoms with van der Waals surface area (Å²) >= 11 is 0. The highest BCUT2D eigenvalue weighted by Crippen LogP contribution is 2.54. The first-order valence-corrected chi connectivity index (χ1v) is 50.4. The van der Waals surface area contributed by atoms with E-state index < -0.39 is 0 Å². The standard InChI is InChI=1S/C21H19NO.C21H21N.C19H15NO.C19H17N.C15H15NO.C15H17N.C13H11NO.C13H13N/c1-14-4-8-17(9-5-14)22-18-10-6-15(2)12-20(18)23-21-13-16(3)7-11-19(21)22;1-16-4-10-19(11-5-16)22(20-12-6-17(2)7-13-20)21-14-8-18(3)9-15-21;1-14-10-12-15(13-11-14)20-16-6-2-4-8-18(16)21-19-9-5-3-7-17(19)20;1-16-12-14-19(15-13-16)20(17-8-4-2-5-9-17)18-10-6-3-7-11-18;1-10-4-6-12-14(8-10)17-15-9-11(2)5-7-13(15)16(12)3;1-12-4-8-14(9-5-12)16(3)15-10-6-13(2)7-11-15;1-14-10-6-2-4-8-12(10)15-13-9-5-3-7-11(13)14;1-14(12-8-4-2-5-9-12)13-10-6-3-7-11-13/h4-13H,1-3H3;4-15H,1-3H3;2-13H,1H3;2-15H,1H3;4-9H,1-3H3;4-11H,1-3H3;2-9H,1H3;2-11H,1H3. The molecule has 12 heteroatoms. The van der Waals surface area contributed by atoms with Crippen molar-refractivity contribution >= 4 is 114 Å². The maximum absolute atomic E-state index is 6.17. The quantitative estimate of drug-likeness (QED) is 0.117. The molecule has 0 saturated heterocycles. The van der Waals surface area contributed by atoms with Gasteiger partial charge in [0.05, 0.1) is 45.5 Å². The van der Waals surface area contributed by atoms with Crippen LogP contribution in [0.4, 0.5) is 114 Å². The Labute approximate surface area is 875 Å². The molecule has 0 N–H and O–H groups in total. The molecular formula is C136H128N8O4. The molecule has 20 aromatic carbocycles. The van der Waals surface area contributed by atoms with Crippen LogP contribution in [0.15, 0.2) is 485 Å². The van der Waals surface area contributed by atoms with Crippen molar-refractivity contribution in [2.75, 3.05) is 67.4 Å². The Morgan fingerprint density at radius 1 is 0.149 bits per heavy atom. The first kappa shape index (κ1) is 101. The fourth-order valence-electron chi connectivity index (χ4n) is 17.7. The zero-order chi connectivity index (χ0) is 103. The molecular weight excluding hydrogens is 1810 g/mol. The van der Waals surface area contributed by atoms with Gasteiger partial charge < -0.3 is 58.1 Å². The minimum Gasteiger partial charge on any atom is -0.453 e. The van der Waals surface area contributed by atoms with E-state index in [0.29, 0.717) is 0 Å². The lowest BCUT2D eigenvalue weighted by Gasteiger charge is -2.33. The van der Waals surface area contributed by atoms with Gasteiger partial charge in [-0.05, 0) is 348 Å². The fraction of sp³-hybridized carbons (Fsp3) is 0.118. The zero-order valence-corrected chi connectivity index (χ0v) is 87.4. The molecule has 20 aromatic rings. The Kier molecular flexibility index (Phi) is 32.9. The van der Waals surface area contributed by atoms with Crippen LogP contribution >= 0.6 is 0 Å². The topological polar surface area (TPSA) is 62.8 Å². The maximum atomic E-state index is 6.17. The normalized spacial score (nSPS) is 11.4. The number of benzene rings is 20. The molecule has 0 unspecified atom stereocenters. The second kappa shape index (κ2) is 47.9. The summed E-state index contributed by atoms with van der Waals surface area (Å²) in [5, 5.41) is 0. The number of aryl methyl sites for hydroxylation is 12. The summed E-state index contributed by atoms with van der Waals surface area (Å²) < 4.78 is 24.0. The summed E-state index contributed by atoms with van der Waals surface area (Å²) in [6, 6.07) is 168. The van der Waals surface area contributed by atoms with Gasteiger partial charge in [0.25, 0.3) is 0 Å². The average Bonchev–Trinajstić information content (AvgIpc) is 0.729. The number of anilines is 20. The third kappa shape index (κ3) is 25.2. The van der Waals surface area contributed by atoms with Gasteiger partial charge >= 0.3 is 0 Å². The van der Waals surface area contributed by atoms with Gasteiger partial charge in [-0.25, -0.2) is 0 Å². The maximum Gasteiger partial charge on any atom is 0.151 e. The molecule has 736 valence electrons. The Morgan fingerprint density at radius 3 is 0.574 bits per heavy atom. The molecule has 0 radical (unpaired) electrons. The molecule has 0 saturated carbocycles. The molecule has 0 atom stereocenters. The van der Waals surface area contributed by atoms with Crippen molar-refractivity contribution in [1.29, 1.82) is 0 Å². The van der Waals surface area contributed by atoms with Crippen molar-refractivity contribution < 1.29 is 18.9 Å². The van der Waals surface area contributed by atoms with Crippen LogP contribution in [0.2, 0.25) is 0 Å². The van der Waals surface area contributed by atoms with Crippen molar-refractivity contribution in [3.8, 4) is 46.0 Å². The zero-order valence-electron chi connectivity index (χ0n) is 87.4. The van der Waals surface area contributed by atoms with Crippen LogP contribution in [-0.4, -0.2) is 28.2 Å². The summed E-state index contributed by atoms with van der Waals surface area (Å²) in [6.07, 6.45) is 0. The van der Waals surface area contributed by atoms with E-state index in [9.17, 15) is 0 Å². The van der Waals surface area contributed by atoms with E-state index in [1.165, 1.54) is 124 Å². The van der Waals surface area contributed by atoms with Gasteiger partial charge in [0, 0.05) is 96.4 Å². The van der Waals surface area contributed by atoms with E-state index in [-0.39, 0.29) is 0 Å². The molecule has 0 aliphatic carbocycles. The van der Waals surface area contributed by atoms with E-state index in [1.807, 2.05) is 97.1 Å². The molecule has 0 amide bonds. The molecule has 12 nitrogen and oxygen atoms in total. The molecule has 148 heavy (non-hydrogen) atoms. The number of para-hydroxylation sites is 12. The average molecular weight is 1940 g/mol. The van der Waals surface area contributed by atoms with Crippen LogP contribution in [0.25, 0.3) is 0 Å². The SMILES string of the molecule is CN(c1ccccc1)c1ccccc1.CN1c2ccccc2Oc2ccccc21.Cc1ccc(N(C)c2ccc(C)cc2)cc1.Cc1ccc(N(c2ccc(C)cc2)c2ccc(C)cc2)cc1.Cc1ccc(N(c2ccccc2)c2ccccc2)cc1.Cc1ccc(N2c3ccc(C)cc3Oc3cc(C)ccc32)cc1.Cc1ccc(N2c3ccccc3Oc3ccccc32)cc1.Cc1ccc2c(c1)Oc1cc(C)ccc1N2C. The third-order valence-corrected chi connectivity index (χ3v) is 26.1.